The first kappa shape index (κ1) is 7.71. The number of hydrogen-bond donors (Lipinski definition) is 1. The molecule has 0 aliphatic heterocycles. The number of amides is 1. The summed E-state index contributed by atoms with van der Waals surface area (Å²) >= 11 is 0. The standard InChI is InChI=1S/C6H10N4O/c1-3-10(2)6(11)5-4-7-9-8-5/h4H,3H2,1-2H3,(H,7,8,9). The molecule has 1 N–H and O–H groups in total. The first-order chi connectivity index (χ1) is 5.25. The molecule has 60 valence electrons. The largest absolute Gasteiger partial charge is 0.341 e. The van der Waals surface area contributed by atoms with Gasteiger partial charge in [0.15, 0.2) is 5.69 Å². The van der Waals surface area contributed by atoms with Crippen LogP contribution >= 0.6 is 0 Å². The lowest BCUT2D eigenvalue weighted by molar-refractivity contribution is 0.0796. The topological polar surface area (TPSA) is 61.9 Å². The van der Waals surface area contributed by atoms with Gasteiger partial charge >= 0.3 is 0 Å². The number of carbonyl (C=O) groups excluding carboxylic acids is 1. The van der Waals surface area contributed by atoms with Crippen molar-refractivity contribution in [1.29, 1.82) is 0 Å². The van der Waals surface area contributed by atoms with Crippen LogP contribution in [0.2, 0.25) is 0 Å². The third-order valence-electron chi connectivity index (χ3n) is 1.46. The van der Waals surface area contributed by atoms with Gasteiger partial charge in [-0.15, -0.1) is 0 Å². The maximum Gasteiger partial charge on any atom is 0.275 e. The van der Waals surface area contributed by atoms with Crippen molar-refractivity contribution in [1.82, 2.24) is 20.3 Å². The molecule has 0 aliphatic carbocycles. The lowest BCUT2D eigenvalue weighted by Crippen LogP contribution is -2.26. The predicted octanol–water partition coefficient (Wildman–Crippen LogP) is -0.103. The molecule has 5 heteroatoms. The number of aromatic nitrogens is 3. The van der Waals surface area contributed by atoms with Gasteiger partial charge in [0, 0.05) is 13.6 Å². The summed E-state index contributed by atoms with van der Waals surface area (Å²) in [6, 6.07) is 0. The summed E-state index contributed by atoms with van der Waals surface area (Å²) in [7, 11) is 1.72. The fourth-order valence-electron chi connectivity index (χ4n) is 0.644. The van der Waals surface area contributed by atoms with Gasteiger partial charge in [-0.05, 0) is 6.92 Å². The second-order valence-electron chi connectivity index (χ2n) is 2.17. The number of rotatable bonds is 2. The number of nitrogens with one attached hydrogen (secondary N) is 1. The molecule has 0 bridgehead atoms. The summed E-state index contributed by atoms with van der Waals surface area (Å²) < 4.78 is 0. The molecule has 11 heavy (non-hydrogen) atoms. The number of aromatic amines is 1. The number of carbonyl (C=O) groups is 1. The van der Waals surface area contributed by atoms with Crippen molar-refractivity contribution in [2.75, 3.05) is 13.6 Å². The zero-order valence-electron chi connectivity index (χ0n) is 6.53. The third-order valence-corrected chi connectivity index (χ3v) is 1.46. The van der Waals surface area contributed by atoms with E-state index in [1.807, 2.05) is 6.92 Å². The van der Waals surface area contributed by atoms with Crippen LogP contribution in [0.1, 0.15) is 17.4 Å². The Morgan fingerprint density at radius 3 is 3.00 bits per heavy atom. The average molecular weight is 154 g/mol. The Balaban J connectivity index is 2.70. The Morgan fingerprint density at radius 2 is 2.55 bits per heavy atom. The smallest absolute Gasteiger partial charge is 0.275 e. The minimum atomic E-state index is -0.110. The Kier molecular flexibility index (Phi) is 2.20. The average Bonchev–Trinajstić information content (AvgIpc) is 2.53. The molecule has 1 heterocycles. The zero-order chi connectivity index (χ0) is 8.27. The lowest BCUT2D eigenvalue weighted by atomic mass is 10.4. The summed E-state index contributed by atoms with van der Waals surface area (Å²) in [5.41, 5.74) is 0.356. The summed E-state index contributed by atoms with van der Waals surface area (Å²) in [6.45, 7) is 2.57. The highest BCUT2D eigenvalue weighted by molar-refractivity contribution is 5.91. The van der Waals surface area contributed by atoms with Crippen molar-refractivity contribution >= 4 is 5.91 Å². The number of nitrogens with zero attached hydrogens (tertiary/aromatic N) is 3. The molecule has 0 aromatic carbocycles. The monoisotopic (exact) mass is 154 g/mol. The van der Waals surface area contributed by atoms with Crippen molar-refractivity contribution in [3.63, 3.8) is 0 Å². The molecular formula is C6H10N4O. The first-order valence-electron chi connectivity index (χ1n) is 3.37. The van der Waals surface area contributed by atoms with E-state index in [0.29, 0.717) is 12.2 Å². The molecule has 1 rings (SSSR count). The van der Waals surface area contributed by atoms with Crippen molar-refractivity contribution in [3.8, 4) is 0 Å². The molecule has 0 unspecified atom stereocenters. The third kappa shape index (κ3) is 1.54. The molecular weight excluding hydrogens is 144 g/mol. The highest BCUT2D eigenvalue weighted by Crippen LogP contribution is 1.94. The van der Waals surface area contributed by atoms with Crippen LogP contribution in [0.3, 0.4) is 0 Å². The zero-order valence-corrected chi connectivity index (χ0v) is 6.53. The van der Waals surface area contributed by atoms with Crippen molar-refractivity contribution in [2.24, 2.45) is 0 Å². The van der Waals surface area contributed by atoms with E-state index in [1.54, 1.807) is 11.9 Å². The molecule has 1 amide bonds. The van der Waals surface area contributed by atoms with Gasteiger partial charge in [0.05, 0.1) is 6.20 Å². The SMILES string of the molecule is CCN(C)C(=O)c1cn[nH]n1. The molecule has 0 radical (unpaired) electrons. The highest BCUT2D eigenvalue weighted by Gasteiger charge is 2.11. The molecule has 0 atom stereocenters. The molecule has 0 saturated heterocycles. The number of H-pyrrole nitrogens is 1. The molecule has 5 nitrogen and oxygen atoms in total. The van der Waals surface area contributed by atoms with Crippen LogP contribution < -0.4 is 0 Å². The maximum atomic E-state index is 11.2. The summed E-state index contributed by atoms with van der Waals surface area (Å²) in [4.78, 5) is 12.8. The van der Waals surface area contributed by atoms with Gasteiger partial charge in [0.1, 0.15) is 0 Å². The van der Waals surface area contributed by atoms with Gasteiger partial charge in [-0.3, -0.25) is 4.79 Å². The maximum absolute atomic E-state index is 11.2. The summed E-state index contributed by atoms with van der Waals surface area (Å²) in [5.74, 6) is -0.110. The lowest BCUT2D eigenvalue weighted by Gasteiger charge is -2.11. The quantitative estimate of drug-likeness (QED) is 0.646. The van der Waals surface area contributed by atoms with Crippen LogP contribution in [-0.4, -0.2) is 39.8 Å². The number of hydrogen-bond acceptors (Lipinski definition) is 3. The fraction of sp³-hybridized carbons (Fsp3) is 0.500. The second kappa shape index (κ2) is 3.14. The molecule has 1 aromatic heterocycles. The van der Waals surface area contributed by atoms with Crippen molar-refractivity contribution < 1.29 is 4.79 Å². The van der Waals surface area contributed by atoms with Gasteiger partial charge in [-0.1, -0.05) is 0 Å². The van der Waals surface area contributed by atoms with Gasteiger partial charge in [0.2, 0.25) is 0 Å². The Hall–Kier alpha value is -1.39. The van der Waals surface area contributed by atoms with Crippen LogP contribution in [-0.2, 0) is 0 Å². The predicted molar refractivity (Wildman–Crippen MR) is 39.0 cm³/mol. The van der Waals surface area contributed by atoms with Gasteiger partial charge in [-0.2, -0.15) is 15.4 Å². The minimum absolute atomic E-state index is 0.110. The fourth-order valence-corrected chi connectivity index (χ4v) is 0.644. The second-order valence-corrected chi connectivity index (χ2v) is 2.17. The van der Waals surface area contributed by atoms with Crippen molar-refractivity contribution in [3.05, 3.63) is 11.9 Å². The van der Waals surface area contributed by atoms with E-state index in [0.717, 1.165) is 0 Å². The van der Waals surface area contributed by atoms with E-state index in [-0.39, 0.29) is 5.91 Å². The molecule has 0 spiro atoms. The van der Waals surface area contributed by atoms with Crippen LogP contribution in [0.4, 0.5) is 0 Å². The normalized spacial score (nSPS) is 9.64. The minimum Gasteiger partial charge on any atom is -0.341 e. The molecule has 0 saturated carbocycles. The van der Waals surface area contributed by atoms with Gasteiger partial charge < -0.3 is 4.90 Å². The van der Waals surface area contributed by atoms with E-state index in [4.69, 9.17) is 0 Å². The van der Waals surface area contributed by atoms with Crippen molar-refractivity contribution in [2.45, 2.75) is 6.92 Å². The molecule has 0 fully saturated rings. The van der Waals surface area contributed by atoms with E-state index in [9.17, 15) is 4.79 Å². The summed E-state index contributed by atoms with van der Waals surface area (Å²) in [6.07, 6.45) is 1.41. The first-order valence-corrected chi connectivity index (χ1v) is 3.37. The van der Waals surface area contributed by atoms with E-state index in [2.05, 4.69) is 15.4 Å². The van der Waals surface area contributed by atoms with E-state index in [1.165, 1.54) is 6.20 Å². The van der Waals surface area contributed by atoms with Crippen LogP contribution in [0.15, 0.2) is 6.20 Å². The van der Waals surface area contributed by atoms with Crippen LogP contribution in [0, 0.1) is 0 Å². The summed E-state index contributed by atoms with van der Waals surface area (Å²) in [5, 5.41) is 9.58. The Morgan fingerprint density at radius 1 is 1.82 bits per heavy atom. The molecule has 0 aliphatic rings. The highest BCUT2D eigenvalue weighted by atomic mass is 16.2. The van der Waals surface area contributed by atoms with E-state index < -0.39 is 0 Å². The Labute approximate surface area is 64.4 Å². The van der Waals surface area contributed by atoms with Gasteiger partial charge in [-0.25, -0.2) is 0 Å². The molecule has 1 aromatic rings. The Bertz CT molecular complexity index is 231. The van der Waals surface area contributed by atoms with Crippen LogP contribution in [0.25, 0.3) is 0 Å². The van der Waals surface area contributed by atoms with E-state index >= 15 is 0 Å². The van der Waals surface area contributed by atoms with Crippen LogP contribution in [0.5, 0.6) is 0 Å². The van der Waals surface area contributed by atoms with Gasteiger partial charge in [0.25, 0.3) is 5.91 Å².